The molecule has 22 heteroatoms. The van der Waals surface area contributed by atoms with Crippen molar-refractivity contribution in [2.75, 3.05) is 13.2 Å². The third kappa shape index (κ3) is 10.7. The Morgan fingerprint density at radius 3 is 2.17 bits per heavy atom. The van der Waals surface area contributed by atoms with Crippen LogP contribution in [0.5, 0.6) is 0 Å². The molecule has 22 nitrogen and oxygen atoms in total. The number of ether oxygens (including phenoxy) is 2. The molecule has 0 aromatic heterocycles. The predicted molar refractivity (Wildman–Crippen MR) is 182 cm³/mol. The molecule has 2 fully saturated rings. The largest absolute Gasteiger partial charge is 0.480 e. The molecule has 3 unspecified atom stereocenters. The zero-order valence-corrected chi connectivity index (χ0v) is 30.7. The van der Waals surface area contributed by atoms with E-state index in [2.05, 4.69) is 10.6 Å². The number of ketones is 1. The van der Waals surface area contributed by atoms with E-state index in [1.54, 1.807) is 0 Å². The van der Waals surface area contributed by atoms with Crippen molar-refractivity contribution in [3.8, 4) is 0 Å². The van der Waals surface area contributed by atoms with Crippen LogP contribution in [0.3, 0.4) is 0 Å². The zero-order valence-electron chi connectivity index (χ0n) is 30.7. The van der Waals surface area contributed by atoms with Crippen LogP contribution in [0, 0.1) is 0 Å². The number of hydrogen-bond acceptors (Lipinski definition) is 16. The third-order valence-corrected chi connectivity index (χ3v) is 9.28. The second-order valence-corrected chi connectivity index (χ2v) is 13.7. The van der Waals surface area contributed by atoms with Crippen molar-refractivity contribution in [3.63, 3.8) is 0 Å². The van der Waals surface area contributed by atoms with E-state index in [1.165, 1.54) is 13.8 Å². The summed E-state index contributed by atoms with van der Waals surface area (Å²) in [6, 6.07) is -8.71. The number of carbonyl (C=O) groups excluding carboxylic acids is 6. The number of aliphatic hydroxyl groups excluding tert-OH is 3. The minimum Gasteiger partial charge on any atom is -0.480 e. The molecule has 2 rings (SSSR count). The molecule has 12 atom stereocenters. The number of nitrogens with zero attached hydrogens (tertiary/aromatic N) is 2. The van der Waals surface area contributed by atoms with Crippen molar-refractivity contribution in [1.82, 2.24) is 20.4 Å². The fourth-order valence-corrected chi connectivity index (χ4v) is 6.30. The van der Waals surface area contributed by atoms with Gasteiger partial charge in [0.05, 0.1) is 30.8 Å². The maximum absolute atomic E-state index is 13.6. The Morgan fingerprint density at radius 1 is 1.06 bits per heavy atom. The standard InChI is InChI=1S/C32H53N7O15/c1-13(53-24-22(37-16(4)41)30(50)54-20(12-40)23(24)43)11-38(26(45)14(2)33)19(29(48)49)9-10-21(42)36-15(3)27(46)39-28(47)18(35)8-6-7-17(34)25(44)32(39,5)31(51)52/h13-15,17-20,22-24,30,40,43,50H,6-12,33-35H2,1-5H3,(H,36,42)(H,37,41)(H,48,49)(H,51,52)/t13?,14-,15+,17?,18?,19+,20+,22+,23+,24+,30-,32-/m0/s1. The van der Waals surface area contributed by atoms with Gasteiger partial charge in [-0.05, 0) is 53.4 Å². The summed E-state index contributed by atoms with van der Waals surface area (Å²) in [5.74, 6) is -9.53. The quantitative estimate of drug-likeness (QED) is 0.0695. The number of aliphatic hydroxyl groups is 3. The highest BCUT2D eigenvalue weighted by Gasteiger charge is 2.55. The molecule has 0 spiro atoms. The molecule has 2 heterocycles. The maximum atomic E-state index is 13.6. The van der Waals surface area contributed by atoms with E-state index in [4.69, 9.17) is 26.7 Å². The number of amides is 5. The second-order valence-electron chi connectivity index (χ2n) is 13.7. The highest BCUT2D eigenvalue weighted by atomic mass is 16.6. The van der Waals surface area contributed by atoms with Crippen molar-refractivity contribution >= 4 is 47.3 Å². The molecular formula is C32H53N7O15. The summed E-state index contributed by atoms with van der Waals surface area (Å²) < 4.78 is 11.0. The smallest absolute Gasteiger partial charge is 0.337 e. The lowest BCUT2D eigenvalue weighted by Crippen LogP contribution is -2.69. The number of imide groups is 1. The van der Waals surface area contributed by atoms with Gasteiger partial charge in [-0.25, -0.2) is 9.59 Å². The summed E-state index contributed by atoms with van der Waals surface area (Å²) in [4.78, 5) is 104. The SMILES string of the molecule is CC(=O)N[C@@H]1[C@@H](OC(C)CN(C(=O)[C@H](C)N)[C@H](CCC(=O)N[C@H](C)C(=O)N2C(=O)C(N)CCCC(N)C(=O)[C@@]2(C)C(=O)O)C(=O)O)[C@H](O)[C@@H](CO)O[C@@H]1O. The number of nitrogens with two attached hydrogens (primary N) is 3. The van der Waals surface area contributed by atoms with Crippen LogP contribution < -0.4 is 27.8 Å². The molecule has 2 aliphatic rings. The molecule has 2 aliphatic heterocycles. The number of carboxylic acids is 2. The number of rotatable bonds is 15. The van der Waals surface area contributed by atoms with Gasteiger partial charge in [-0.15, -0.1) is 0 Å². The average Bonchev–Trinajstić information content (AvgIpc) is 3.11. The maximum Gasteiger partial charge on any atom is 0.337 e. The molecule has 306 valence electrons. The number of carbonyl (C=O) groups is 8. The van der Waals surface area contributed by atoms with E-state index in [0.717, 1.165) is 25.7 Å². The van der Waals surface area contributed by atoms with Gasteiger partial charge in [-0.2, -0.15) is 0 Å². The van der Waals surface area contributed by atoms with Gasteiger partial charge in [0.15, 0.2) is 12.1 Å². The predicted octanol–water partition coefficient (Wildman–Crippen LogP) is -5.14. The third-order valence-electron chi connectivity index (χ3n) is 9.28. The molecule has 13 N–H and O–H groups in total. The van der Waals surface area contributed by atoms with Gasteiger partial charge < -0.3 is 67.7 Å². The van der Waals surface area contributed by atoms with Crippen LogP contribution in [0.1, 0.15) is 66.7 Å². The van der Waals surface area contributed by atoms with Crippen LogP contribution in [0.4, 0.5) is 0 Å². The molecule has 0 radical (unpaired) electrons. The minimum absolute atomic E-state index is 0.00248. The van der Waals surface area contributed by atoms with Crippen LogP contribution in [0.2, 0.25) is 0 Å². The first-order valence-electron chi connectivity index (χ1n) is 17.3. The molecule has 0 aromatic rings. The van der Waals surface area contributed by atoms with Crippen LogP contribution in [0.15, 0.2) is 0 Å². The van der Waals surface area contributed by atoms with Crippen LogP contribution >= 0.6 is 0 Å². The van der Waals surface area contributed by atoms with Gasteiger partial charge in [0, 0.05) is 19.9 Å². The monoisotopic (exact) mass is 775 g/mol. The lowest BCUT2D eigenvalue weighted by molar-refractivity contribution is -0.268. The summed E-state index contributed by atoms with van der Waals surface area (Å²) >= 11 is 0. The van der Waals surface area contributed by atoms with Crippen molar-refractivity contribution in [2.45, 2.75) is 139 Å². The Balaban J connectivity index is 2.30. The van der Waals surface area contributed by atoms with Crippen LogP contribution in [-0.2, 0) is 47.8 Å². The van der Waals surface area contributed by atoms with Gasteiger partial charge in [-0.1, -0.05) is 0 Å². The number of aliphatic carboxylic acids is 2. The first-order valence-corrected chi connectivity index (χ1v) is 17.3. The van der Waals surface area contributed by atoms with Gasteiger partial charge in [0.2, 0.25) is 29.2 Å². The van der Waals surface area contributed by atoms with E-state index in [9.17, 15) is 63.9 Å². The Hall–Kier alpha value is -4.16. The molecule has 0 bridgehead atoms. The van der Waals surface area contributed by atoms with Crippen molar-refractivity contribution in [3.05, 3.63) is 0 Å². The molecule has 0 saturated carbocycles. The normalized spacial score (nSPS) is 30.1. The fourth-order valence-electron chi connectivity index (χ4n) is 6.30. The summed E-state index contributed by atoms with van der Waals surface area (Å²) in [5, 5.41) is 55.6. The Morgan fingerprint density at radius 2 is 1.65 bits per heavy atom. The van der Waals surface area contributed by atoms with E-state index in [-0.39, 0.29) is 24.2 Å². The second kappa shape index (κ2) is 19.4. The zero-order chi connectivity index (χ0) is 41.4. The van der Waals surface area contributed by atoms with Crippen LogP contribution in [0.25, 0.3) is 0 Å². The summed E-state index contributed by atoms with van der Waals surface area (Å²) in [7, 11) is 0. The van der Waals surface area contributed by atoms with Gasteiger partial charge in [-0.3, -0.25) is 33.7 Å². The van der Waals surface area contributed by atoms with E-state index in [1.807, 2.05) is 0 Å². The Kier molecular flexibility index (Phi) is 16.6. The Labute approximate surface area is 310 Å². The van der Waals surface area contributed by atoms with Gasteiger partial charge in [0.1, 0.15) is 36.4 Å². The summed E-state index contributed by atoms with van der Waals surface area (Å²) in [6.45, 7) is 4.48. The van der Waals surface area contributed by atoms with E-state index < -0.39 is 146 Å². The van der Waals surface area contributed by atoms with E-state index >= 15 is 0 Å². The number of nitrogens with one attached hydrogen (secondary N) is 2. The van der Waals surface area contributed by atoms with Crippen molar-refractivity contribution < 1.29 is 73.4 Å². The van der Waals surface area contributed by atoms with Crippen molar-refractivity contribution in [1.29, 1.82) is 0 Å². The first kappa shape index (κ1) is 46.0. The molecule has 0 aromatic carbocycles. The van der Waals surface area contributed by atoms with Crippen LogP contribution in [-0.4, -0.2) is 168 Å². The summed E-state index contributed by atoms with van der Waals surface area (Å²) in [5.41, 5.74) is 14.9. The highest BCUT2D eigenvalue weighted by molar-refractivity contribution is 6.17. The molecular weight excluding hydrogens is 722 g/mol. The number of Topliss-reactive ketones (excluding diaryl/α,β-unsaturated/α-hetero) is 1. The molecule has 54 heavy (non-hydrogen) atoms. The average molecular weight is 776 g/mol. The lowest BCUT2D eigenvalue weighted by Gasteiger charge is -2.44. The number of hydrogen-bond donors (Lipinski definition) is 10. The van der Waals surface area contributed by atoms with Gasteiger partial charge in [0.25, 0.3) is 5.91 Å². The lowest BCUT2D eigenvalue weighted by atomic mass is 9.87. The van der Waals surface area contributed by atoms with Crippen molar-refractivity contribution in [2.24, 2.45) is 17.2 Å². The highest BCUT2D eigenvalue weighted by Crippen LogP contribution is 2.27. The minimum atomic E-state index is -2.78. The topological polar surface area (TPSA) is 365 Å². The Bertz CT molecular complexity index is 1430. The number of carboxylic acid groups (broad SMARTS) is 2. The first-order chi connectivity index (χ1) is 25.0. The van der Waals surface area contributed by atoms with Gasteiger partial charge >= 0.3 is 11.9 Å². The summed E-state index contributed by atoms with van der Waals surface area (Å²) in [6.07, 6.45) is -8.26. The molecule has 0 aliphatic carbocycles. The molecule has 2 saturated heterocycles. The fraction of sp³-hybridized carbons (Fsp3) is 0.750. The van der Waals surface area contributed by atoms with E-state index in [0.29, 0.717) is 0 Å². The molecule has 5 amide bonds.